The topological polar surface area (TPSA) is 33.1 Å². The lowest BCUT2D eigenvalue weighted by atomic mass is 10.2. The lowest BCUT2D eigenvalue weighted by molar-refractivity contribution is -0.0900. The molecule has 0 atom stereocenters. The van der Waals surface area contributed by atoms with E-state index in [0.29, 0.717) is 6.42 Å². The van der Waals surface area contributed by atoms with Crippen LogP contribution in [0.4, 0.5) is 0 Å². The van der Waals surface area contributed by atoms with Gasteiger partial charge in [0.25, 0.3) is 0 Å². The predicted octanol–water partition coefficient (Wildman–Crippen LogP) is 2.32. The Morgan fingerprint density at radius 3 is 2.84 bits per heavy atom. The van der Waals surface area contributed by atoms with Gasteiger partial charge in [0.15, 0.2) is 19.0 Å². The molecule has 3 nitrogen and oxygen atoms in total. The molecule has 1 aliphatic rings. The molecule has 1 fully saturated rings. The Bertz CT molecular complexity index is 539. The molecule has 0 amide bonds. The summed E-state index contributed by atoms with van der Waals surface area (Å²) in [7, 11) is 0. The first kappa shape index (κ1) is 12.8. The first-order valence-electron chi connectivity index (χ1n) is 6.70. The van der Waals surface area contributed by atoms with Crippen LogP contribution in [-0.4, -0.2) is 48.3 Å². The molecule has 1 saturated heterocycles. The van der Waals surface area contributed by atoms with Crippen molar-refractivity contribution in [2.24, 2.45) is 0 Å². The summed E-state index contributed by atoms with van der Waals surface area (Å²) in [5, 5.41) is 1.17. The van der Waals surface area contributed by atoms with Gasteiger partial charge in [-0.1, -0.05) is 18.2 Å². The summed E-state index contributed by atoms with van der Waals surface area (Å²) in [6.07, 6.45) is 0.618. The third-order valence-corrected chi connectivity index (χ3v) is 4.66. The lowest BCUT2D eigenvalue weighted by Crippen LogP contribution is -2.39. The molecule has 2 heterocycles. The maximum Gasteiger partial charge on any atom is 0.174 e. The van der Waals surface area contributed by atoms with E-state index in [0.717, 1.165) is 37.7 Å². The van der Waals surface area contributed by atoms with E-state index in [4.69, 9.17) is 0 Å². The SMILES string of the molecule is O=C(CCN1CC[OH+]CC1)c1cc2ccccc2s1. The van der Waals surface area contributed by atoms with Gasteiger partial charge < -0.3 is 4.74 Å². The highest BCUT2D eigenvalue weighted by Gasteiger charge is 2.16. The minimum Gasteiger partial charge on any atom is -0.432 e. The molecule has 3 rings (SSSR count). The molecule has 0 radical (unpaired) electrons. The van der Waals surface area contributed by atoms with Gasteiger partial charge in [0, 0.05) is 17.7 Å². The Labute approximate surface area is 116 Å². The minimum absolute atomic E-state index is 0.267. The van der Waals surface area contributed by atoms with Gasteiger partial charge in [0.2, 0.25) is 0 Å². The van der Waals surface area contributed by atoms with E-state index in [2.05, 4.69) is 21.8 Å². The summed E-state index contributed by atoms with van der Waals surface area (Å²) in [5.74, 6) is 0.267. The van der Waals surface area contributed by atoms with Gasteiger partial charge in [0.1, 0.15) is 0 Å². The lowest BCUT2D eigenvalue weighted by Gasteiger charge is -2.23. The zero-order chi connectivity index (χ0) is 13.1. The molecule has 100 valence electrons. The Morgan fingerprint density at radius 1 is 1.26 bits per heavy atom. The average molecular weight is 276 g/mol. The Balaban J connectivity index is 1.63. The second-order valence-electron chi connectivity index (χ2n) is 4.83. The summed E-state index contributed by atoms with van der Waals surface area (Å²) in [6.45, 7) is 4.69. The van der Waals surface area contributed by atoms with Crippen LogP contribution < -0.4 is 0 Å². The van der Waals surface area contributed by atoms with Gasteiger partial charge in [0.05, 0.1) is 18.0 Å². The van der Waals surface area contributed by atoms with E-state index in [-0.39, 0.29) is 5.78 Å². The largest absolute Gasteiger partial charge is 0.432 e. The molecular formula is C15H18NO2S+. The summed E-state index contributed by atoms with van der Waals surface area (Å²) < 4.78 is 5.51. The summed E-state index contributed by atoms with van der Waals surface area (Å²) >= 11 is 1.61. The molecule has 0 unspecified atom stereocenters. The number of ketones is 1. The minimum atomic E-state index is 0.267. The van der Waals surface area contributed by atoms with Crippen molar-refractivity contribution in [3.63, 3.8) is 0 Å². The highest BCUT2D eigenvalue weighted by molar-refractivity contribution is 7.20. The van der Waals surface area contributed by atoms with Gasteiger partial charge in [-0.05, 0) is 17.5 Å². The zero-order valence-electron chi connectivity index (χ0n) is 10.8. The number of ether oxygens (including phenoxy) is 1. The fraction of sp³-hybridized carbons (Fsp3) is 0.400. The number of morpholine rings is 1. The Morgan fingerprint density at radius 2 is 2.05 bits per heavy atom. The van der Waals surface area contributed by atoms with Gasteiger partial charge in [-0.25, -0.2) is 0 Å². The number of rotatable bonds is 4. The second kappa shape index (κ2) is 5.82. The molecule has 1 aromatic heterocycles. The number of Topliss-reactive ketones (excluding diaryl/α,β-unsaturated/α-hetero) is 1. The molecule has 0 saturated carbocycles. The average Bonchev–Trinajstić information content (AvgIpc) is 2.90. The van der Waals surface area contributed by atoms with E-state index in [1.165, 1.54) is 10.1 Å². The van der Waals surface area contributed by atoms with Crippen LogP contribution in [-0.2, 0) is 0 Å². The van der Waals surface area contributed by atoms with Crippen molar-refractivity contribution in [1.29, 1.82) is 0 Å². The number of hydrogen-bond acceptors (Lipinski definition) is 3. The summed E-state index contributed by atoms with van der Waals surface area (Å²) in [6, 6.07) is 10.2. The molecule has 1 aromatic carbocycles. The third-order valence-electron chi connectivity index (χ3n) is 3.50. The summed E-state index contributed by atoms with van der Waals surface area (Å²) in [4.78, 5) is 15.4. The fourth-order valence-corrected chi connectivity index (χ4v) is 3.40. The first-order chi connectivity index (χ1) is 9.33. The van der Waals surface area contributed by atoms with Crippen LogP contribution in [0.5, 0.6) is 0 Å². The molecule has 0 bridgehead atoms. The highest BCUT2D eigenvalue weighted by atomic mass is 32.1. The fourth-order valence-electron chi connectivity index (χ4n) is 2.37. The van der Waals surface area contributed by atoms with Gasteiger partial charge in [-0.3, -0.25) is 9.69 Å². The molecule has 0 aliphatic carbocycles. The predicted molar refractivity (Wildman–Crippen MR) is 79.2 cm³/mol. The smallest absolute Gasteiger partial charge is 0.174 e. The molecule has 2 aromatic rings. The van der Waals surface area contributed by atoms with Crippen LogP contribution in [0.15, 0.2) is 30.3 Å². The van der Waals surface area contributed by atoms with Crippen molar-refractivity contribution in [2.45, 2.75) is 6.42 Å². The maximum absolute atomic E-state index is 12.2. The number of carbonyl (C=O) groups is 1. The van der Waals surface area contributed by atoms with Crippen LogP contribution in [0.3, 0.4) is 0 Å². The van der Waals surface area contributed by atoms with Crippen molar-refractivity contribution in [1.82, 2.24) is 4.90 Å². The monoisotopic (exact) mass is 276 g/mol. The van der Waals surface area contributed by atoms with E-state index < -0.39 is 0 Å². The molecule has 4 heteroatoms. The van der Waals surface area contributed by atoms with Crippen molar-refractivity contribution in [3.8, 4) is 0 Å². The van der Waals surface area contributed by atoms with Crippen molar-refractivity contribution in [3.05, 3.63) is 35.2 Å². The number of nitrogens with zero attached hydrogens (tertiary/aromatic N) is 1. The Hall–Kier alpha value is -1.23. The van der Waals surface area contributed by atoms with E-state index >= 15 is 0 Å². The van der Waals surface area contributed by atoms with E-state index in [9.17, 15) is 4.79 Å². The number of aliphatic hydroxyl groups is 2. The van der Waals surface area contributed by atoms with Crippen LogP contribution in [0.25, 0.3) is 10.1 Å². The van der Waals surface area contributed by atoms with E-state index in [1.807, 2.05) is 18.2 Å². The first-order valence-corrected chi connectivity index (χ1v) is 7.52. The van der Waals surface area contributed by atoms with Crippen LogP contribution >= 0.6 is 11.3 Å². The molecule has 1 N–H and O–H groups in total. The maximum atomic E-state index is 12.2. The Kier molecular flexibility index (Phi) is 3.92. The zero-order valence-corrected chi connectivity index (χ0v) is 11.7. The van der Waals surface area contributed by atoms with Gasteiger partial charge in [-0.2, -0.15) is 0 Å². The van der Waals surface area contributed by atoms with Crippen LogP contribution in [0, 0.1) is 0 Å². The van der Waals surface area contributed by atoms with Crippen molar-refractivity contribution in [2.75, 3.05) is 32.8 Å². The highest BCUT2D eigenvalue weighted by Crippen LogP contribution is 2.26. The molecule has 19 heavy (non-hydrogen) atoms. The number of fused-ring (bicyclic) bond motifs is 1. The van der Waals surface area contributed by atoms with Crippen LogP contribution in [0.1, 0.15) is 16.1 Å². The number of thiophene rings is 1. The van der Waals surface area contributed by atoms with Crippen LogP contribution in [0.2, 0.25) is 0 Å². The van der Waals surface area contributed by atoms with Crippen molar-refractivity contribution >= 4 is 27.2 Å². The van der Waals surface area contributed by atoms with Gasteiger partial charge in [-0.15, -0.1) is 11.3 Å². The second-order valence-corrected chi connectivity index (χ2v) is 5.92. The molecule has 0 spiro atoms. The standard InChI is InChI=1S/C15H17NO2S/c17-13(5-6-16-7-9-18-10-8-16)15-11-12-3-1-2-4-14(12)19-15/h1-4,11H,5-10H2/p+1. The molecule has 1 aliphatic heterocycles. The number of hydrogen-bond donors (Lipinski definition) is 0. The van der Waals surface area contributed by atoms with Crippen molar-refractivity contribution < 1.29 is 9.53 Å². The van der Waals surface area contributed by atoms with Gasteiger partial charge >= 0.3 is 0 Å². The number of carbonyl (C=O) groups excluding carboxylic acids is 1. The summed E-state index contributed by atoms with van der Waals surface area (Å²) in [5.41, 5.74) is 0. The third kappa shape index (κ3) is 3.03. The number of benzene rings is 1. The van der Waals surface area contributed by atoms with E-state index in [1.54, 1.807) is 11.3 Å². The molecular weight excluding hydrogens is 258 g/mol. The quantitative estimate of drug-likeness (QED) is 0.634. The normalized spacial score (nSPS) is 16.8.